The van der Waals surface area contributed by atoms with Gasteiger partial charge >= 0.3 is 5.97 Å². The summed E-state index contributed by atoms with van der Waals surface area (Å²) in [5.41, 5.74) is 3.70. The number of carbonyl (C=O) groups excluding carboxylic acids is 1. The van der Waals surface area contributed by atoms with Gasteiger partial charge < -0.3 is 9.30 Å². The number of methoxy groups -OCH3 is 1. The molecule has 0 saturated carbocycles. The molecular weight excluding hydrogens is 332 g/mol. The maximum atomic E-state index is 11.4. The van der Waals surface area contributed by atoms with Crippen LogP contribution in [-0.4, -0.2) is 22.6 Å². The summed E-state index contributed by atoms with van der Waals surface area (Å²) in [6.45, 7) is 0.725. The Morgan fingerprint density at radius 2 is 2.05 bits per heavy atom. The van der Waals surface area contributed by atoms with Crippen LogP contribution < -0.4 is 0 Å². The highest BCUT2D eigenvalue weighted by Gasteiger charge is 2.06. The minimum atomic E-state index is -0.318. The largest absolute Gasteiger partial charge is 0.465 e. The molecule has 0 radical (unpaired) electrons. The lowest BCUT2D eigenvalue weighted by molar-refractivity contribution is 0.0600. The number of rotatable bonds is 3. The molecule has 0 atom stereocenters. The summed E-state index contributed by atoms with van der Waals surface area (Å²) in [5, 5.41) is 0. The molecule has 3 rings (SSSR count). The Hall–Kier alpha value is -2.14. The van der Waals surface area contributed by atoms with Gasteiger partial charge in [0.1, 0.15) is 0 Å². The zero-order chi connectivity index (χ0) is 14.8. The summed E-state index contributed by atoms with van der Waals surface area (Å²) in [7, 11) is 1.38. The number of benzene rings is 1. The fraction of sp³-hybridized carbons (Fsp3) is 0.125. The van der Waals surface area contributed by atoms with E-state index in [9.17, 15) is 4.79 Å². The molecule has 0 amide bonds. The first-order valence-electron chi connectivity index (χ1n) is 6.45. The number of hydrogen-bond donors (Lipinski definition) is 0. The van der Waals surface area contributed by atoms with Crippen molar-refractivity contribution in [2.24, 2.45) is 0 Å². The Kier molecular flexibility index (Phi) is 3.75. The summed E-state index contributed by atoms with van der Waals surface area (Å²) in [6, 6.07) is 11.5. The van der Waals surface area contributed by atoms with Crippen molar-refractivity contribution in [2.75, 3.05) is 7.11 Å². The van der Waals surface area contributed by atoms with Crippen LogP contribution in [0.3, 0.4) is 0 Å². The first-order chi connectivity index (χ1) is 10.2. The molecule has 4 nitrogen and oxygen atoms in total. The maximum absolute atomic E-state index is 11.4. The van der Waals surface area contributed by atoms with Crippen molar-refractivity contribution in [2.45, 2.75) is 6.54 Å². The molecule has 2 heterocycles. The van der Waals surface area contributed by atoms with Gasteiger partial charge in [0.05, 0.1) is 23.7 Å². The minimum absolute atomic E-state index is 0.318. The molecular formula is C16H13BrN2O2. The monoisotopic (exact) mass is 344 g/mol. The number of hydrogen-bond acceptors (Lipinski definition) is 3. The first kappa shape index (κ1) is 13.8. The molecule has 0 bridgehead atoms. The van der Waals surface area contributed by atoms with Crippen LogP contribution in [0.1, 0.15) is 15.9 Å². The molecule has 1 aromatic carbocycles. The van der Waals surface area contributed by atoms with E-state index in [-0.39, 0.29) is 5.97 Å². The lowest BCUT2D eigenvalue weighted by atomic mass is 10.1. The van der Waals surface area contributed by atoms with Crippen molar-refractivity contribution in [1.82, 2.24) is 9.55 Å². The van der Waals surface area contributed by atoms with Crippen molar-refractivity contribution in [3.05, 3.63) is 64.4 Å². The number of ether oxygens (including phenoxy) is 1. The fourth-order valence-electron chi connectivity index (χ4n) is 2.24. The second kappa shape index (κ2) is 5.69. The van der Waals surface area contributed by atoms with Crippen LogP contribution >= 0.6 is 15.9 Å². The van der Waals surface area contributed by atoms with Gasteiger partial charge in [-0.25, -0.2) is 4.79 Å². The third-order valence-corrected chi connectivity index (χ3v) is 3.75. The van der Waals surface area contributed by atoms with Crippen LogP contribution in [0.2, 0.25) is 0 Å². The van der Waals surface area contributed by atoms with E-state index < -0.39 is 0 Å². The average molecular weight is 345 g/mol. The molecule has 0 fully saturated rings. The summed E-state index contributed by atoms with van der Waals surface area (Å²) in [5.74, 6) is -0.318. The molecule has 0 saturated heterocycles. The van der Waals surface area contributed by atoms with Gasteiger partial charge in [-0.2, -0.15) is 0 Å². The lowest BCUT2D eigenvalue weighted by Gasteiger charge is -2.07. The zero-order valence-electron chi connectivity index (χ0n) is 11.4. The summed E-state index contributed by atoms with van der Waals surface area (Å²) in [6.07, 6.45) is 3.80. The van der Waals surface area contributed by atoms with Gasteiger partial charge in [0.2, 0.25) is 0 Å². The zero-order valence-corrected chi connectivity index (χ0v) is 13.0. The van der Waals surface area contributed by atoms with E-state index in [0.29, 0.717) is 5.56 Å². The summed E-state index contributed by atoms with van der Waals surface area (Å²) < 4.78 is 7.78. The van der Waals surface area contributed by atoms with Crippen LogP contribution in [0, 0.1) is 0 Å². The molecule has 0 aliphatic rings. The van der Waals surface area contributed by atoms with Gasteiger partial charge in [-0.3, -0.25) is 4.98 Å². The Morgan fingerprint density at radius 3 is 2.76 bits per heavy atom. The van der Waals surface area contributed by atoms with E-state index >= 15 is 0 Å². The highest BCUT2D eigenvalue weighted by atomic mass is 79.9. The van der Waals surface area contributed by atoms with E-state index in [0.717, 1.165) is 27.6 Å². The van der Waals surface area contributed by atoms with Crippen LogP contribution in [0.4, 0.5) is 0 Å². The van der Waals surface area contributed by atoms with E-state index in [2.05, 4.69) is 25.5 Å². The lowest BCUT2D eigenvalue weighted by Crippen LogP contribution is -2.02. The van der Waals surface area contributed by atoms with Gasteiger partial charge in [0, 0.05) is 23.4 Å². The molecule has 5 heteroatoms. The van der Waals surface area contributed by atoms with Crippen molar-refractivity contribution in [1.29, 1.82) is 0 Å². The van der Waals surface area contributed by atoms with Crippen molar-refractivity contribution < 1.29 is 9.53 Å². The summed E-state index contributed by atoms with van der Waals surface area (Å²) >= 11 is 3.44. The van der Waals surface area contributed by atoms with Gasteiger partial charge in [-0.1, -0.05) is 12.1 Å². The van der Waals surface area contributed by atoms with Crippen LogP contribution in [0.25, 0.3) is 11.0 Å². The molecule has 0 unspecified atom stereocenters. The number of carbonyl (C=O) groups is 1. The van der Waals surface area contributed by atoms with E-state index in [4.69, 9.17) is 4.74 Å². The highest BCUT2D eigenvalue weighted by Crippen LogP contribution is 2.19. The molecule has 0 spiro atoms. The summed E-state index contributed by atoms with van der Waals surface area (Å²) in [4.78, 5) is 15.8. The molecule has 21 heavy (non-hydrogen) atoms. The molecule has 0 aliphatic carbocycles. The standard InChI is InChI=1S/C16H13BrN2O2/c1-21-16(20)12-4-2-11(3-5-12)10-19-7-6-14-15(19)8-13(17)9-18-14/h2-9H,10H2,1H3. The van der Waals surface area contributed by atoms with E-state index in [1.54, 1.807) is 18.3 Å². The minimum Gasteiger partial charge on any atom is -0.465 e. The molecule has 2 aromatic heterocycles. The third-order valence-electron chi connectivity index (χ3n) is 3.31. The molecule has 0 N–H and O–H groups in total. The number of esters is 1. The number of halogens is 1. The Balaban J connectivity index is 1.88. The molecule has 0 aliphatic heterocycles. The third kappa shape index (κ3) is 2.83. The molecule has 106 valence electrons. The Bertz CT molecular complexity index is 794. The predicted molar refractivity (Wildman–Crippen MR) is 84.3 cm³/mol. The van der Waals surface area contributed by atoms with Gasteiger partial charge in [0.25, 0.3) is 0 Å². The van der Waals surface area contributed by atoms with Gasteiger partial charge in [-0.15, -0.1) is 0 Å². The average Bonchev–Trinajstić information content (AvgIpc) is 2.89. The van der Waals surface area contributed by atoms with Gasteiger partial charge in [-0.05, 0) is 45.8 Å². The maximum Gasteiger partial charge on any atom is 0.337 e. The van der Waals surface area contributed by atoms with Crippen LogP contribution in [-0.2, 0) is 11.3 Å². The predicted octanol–water partition coefficient (Wildman–Crippen LogP) is 3.63. The Morgan fingerprint density at radius 1 is 1.29 bits per heavy atom. The number of aromatic nitrogens is 2. The van der Waals surface area contributed by atoms with Crippen LogP contribution in [0.15, 0.2) is 53.3 Å². The molecule has 3 aromatic rings. The number of fused-ring (bicyclic) bond motifs is 1. The van der Waals surface area contributed by atoms with Gasteiger partial charge in [0.15, 0.2) is 0 Å². The normalized spacial score (nSPS) is 10.8. The van der Waals surface area contributed by atoms with E-state index in [1.807, 2.05) is 30.5 Å². The topological polar surface area (TPSA) is 44.1 Å². The number of nitrogens with zero attached hydrogens (tertiary/aromatic N) is 2. The number of pyridine rings is 1. The van der Waals surface area contributed by atoms with Crippen molar-refractivity contribution in [3.63, 3.8) is 0 Å². The highest BCUT2D eigenvalue weighted by molar-refractivity contribution is 9.10. The second-order valence-electron chi connectivity index (χ2n) is 4.69. The van der Waals surface area contributed by atoms with Crippen LogP contribution in [0.5, 0.6) is 0 Å². The smallest absolute Gasteiger partial charge is 0.337 e. The van der Waals surface area contributed by atoms with E-state index in [1.165, 1.54) is 7.11 Å². The SMILES string of the molecule is COC(=O)c1ccc(Cn2ccc3ncc(Br)cc32)cc1. The van der Waals surface area contributed by atoms with Crippen molar-refractivity contribution in [3.8, 4) is 0 Å². The fourth-order valence-corrected chi connectivity index (χ4v) is 2.56. The second-order valence-corrected chi connectivity index (χ2v) is 5.61. The quantitative estimate of drug-likeness (QED) is 0.681. The Labute approximate surface area is 130 Å². The van der Waals surface area contributed by atoms with Crippen molar-refractivity contribution >= 4 is 32.9 Å². The first-order valence-corrected chi connectivity index (χ1v) is 7.24.